The lowest BCUT2D eigenvalue weighted by Gasteiger charge is -2.31. The Bertz CT molecular complexity index is 1930. The average Bonchev–Trinajstić information content (AvgIpc) is 3.87. The number of methoxy groups -OCH3 is 1. The topological polar surface area (TPSA) is 227 Å². The van der Waals surface area contributed by atoms with Crippen LogP contribution in [-0.2, 0) is 54.3 Å². The molecule has 1 amide bonds. The number of hydrogen-bond acceptors (Lipinski definition) is 14. The van der Waals surface area contributed by atoms with Gasteiger partial charge in [0.1, 0.15) is 29.7 Å². The zero-order valence-corrected chi connectivity index (χ0v) is 40.9. The average molecular weight is 955 g/mol. The Morgan fingerprint density at radius 2 is 1.40 bits per heavy atom. The lowest BCUT2D eigenvalue weighted by atomic mass is 10.0. The first kappa shape index (κ1) is 53.8. The van der Waals surface area contributed by atoms with Crippen molar-refractivity contribution in [1.82, 2.24) is 19.8 Å². The van der Waals surface area contributed by atoms with E-state index in [1.165, 1.54) is 23.5 Å². The van der Waals surface area contributed by atoms with Gasteiger partial charge < -0.3 is 43.6 Å². The summed E-state index contributed by atoms with van der Waals surface area (Å²) in [5, 5.41) is 20.6. The van der Waals surface area contributed by atoms with E-state index >= 15 is 0 Å². The van der Waals surface area contributed by atoms with Crippen molar-refractivity contribution in [2.24, 2.45) is 23.7 Å². The summed E-state index contributed by atoms with van der Waals surface area (Å²) in [7, 11) is -6.53. The van der Waals surface area contributed by atoms with E-state index in [9.17, 15) is 32.5 Å². The third-order valence-corrected chi connectivity index (χ3v) is 14.5. The van der Waals surface area contributed by atoms with Gasteiger partial charge >= 0.3 is 18.0 Å². The number of esters is 2. The zero-order valence-electron chi connectivity index (χ0n) is 39.2. The molecule has 2 aromatic carbocycles. The van der Waals surface area contributed by atoms with Gasteiger partial charge in [0.2, 0.25) is 17.5 Å². The van der Waals surface area contributed by atoms with Gasteiger partial charge in [-0.15, -0.1) is 0 Å². The first-order valence-electron chi connectivity index (χ1n) is 22.5. The number of hydrogen-bond donors (Lipinski definition) is 4. The smallest absolute Gasteiger partial charge is 0.407 e. The molecule has 2 fully saturated rings. The molecule has 18 nitrogen and oxygen atoms in total. The van der Waals surface area contributed by atoms with Gasteiger partial charge in [-0.2, -0.15) is 4.31 Å². The molecule has 2 aliphatic rings. The molecule has 0 bridgehead atoms. The van der Waals surface area contributed by atoms with Crippen LogP contribution < -0.4 is 25.0 Å². The number of benzene rings is 2. The first-order valence-corrected chi connectivity index (χ1v) is 25.8. The van der Waals surface area contributed by atoms with Crippen molar-refractivity contribution < 1.29 is 65.6 Å². The third kappa shape index (κ3) is 16.5. The molecular formula is C45H71N4O14PS. The maximum atomic E-state index is 14.8. The fraction of sp³-hybridized carbons (Fsp3) is 0.667. The summed E-state index contributed by atoms with van der Waals surface area (Å²) < 4.78 is 82.9. The quantitative estimate of drug-likeness (QED) is 0.0495. The van der Waals surface area contributed by atoms with Crippen LogP contribution in [0.2, 0.25) is 0 Å². The van der Waals surface area contributed by atoms with Crippen LogP contribution in [0, 0.1) is 23.7 Å². The minimum Gasteiger partial charge on any atom is -0.497 e. The van der Waals surface area contributed by atoms with Gasteiger partial charge in [0.05, 0.1) is 56.5 Å². The number of nitrogens with zero attached hydrogens (tertiary/aromatic N) is 1. The maximum Gasteiger partial charge on any atom is 0.407 e. The van der Waals surface area contributed by atoms with Crippen LogP contribution in [0.4, 0.5) is 4.79 Å². The SMILES string of the molecule is CCOC(=O)[C@H](CC(C)C)NP(=O)(COc1ccc(C[C@H](NC(=O)O[C@H]2CO[C@H]3OCC[C@H]32)[C@H](O)CN(CC(C)C)S(=O)(=O)c2ccc(OC)cc2)cc1)N[C@@H](CC(C)C)C(=O)OCC. The first-order chi connectivity index (χ1) is 30.8. The van der Waals surface area contributed by atoms with E-state index in [1.54, 1.807) is 50.2 Å². The Morgan fingerprint density at radius 3 is 1.92 bits per heavy atom. The van der Waals surface area contributed by atoms with E-state index in [-0.39, 0.29) is 67.9 Å². The van der Waals surface area contributed by atoms with E-state index in [0.29, 0.717) is 42.9 Å². The Morgan fingerprint density at radius 1 is 0.831 bits per heavy atom. The Labute approximate surface area is 384 Å². The lowest BCUT2D eigenvalue weighted by Crippen LogP contribution is -2.51. The van der Waals surface area contributed by atoms with Gasteiger partial charge in [-0.25, -0.2) is 23.4 Å². The maximum absolute atomic E-state index is 14.8. The molecule has 0 spiro atoms. The van der Waals surface area contributed by atoms with E-state index < -0.39 is 78.5 Å². The molecule has 4 rings (SSSR count). The van der Waals surface area contributed by atoms with Gasteiger partial charge in [0.15, 0.2) is 12.6 Å². The number of sulfonamides is 1. The van der Waals surface area contributed by atoms with E-state index in [2.05, 4.69) is 15.5 Å². The number of aliphatic hydroxyl groups is 1. The van der Waals surface area contributed by atoms with E-state index in [1.807, 2.05) is 41.5 Å². The summed E-state index contributed by atoms with van der Waals surface area (Å²) in [6, 6.07) is 9.60. The lowest BCUT2D eigenvalue weighted by molar-refractivity contribution is -0.146. The number of amides is 1. The van der Waals surface area contributed by atoms with Crippen molar-refractivity contribution in [3.8, 4) is 11.5 Å². The van der Waals surface area contributed by atoms with Crippen LogP contribution in [0.5, 0.6) is 11.5 Å². The summed E-state index contributed by atoms with van der Waals surface area (Å²) in [6.45, 7) is 15.4. The molecule has 2 aromatic rings. The fourth-order valence-corrected chi connectivity index (χ4v) is 11.3. The minimum atomic E-state index is -4.10. The van der Waals surface area contributed by atoms with Crippen molar-refractivity contribution in [3.63, 3.8) is 0 Å². The number of rotatable bonds is 27. The number of alkyl carbamates (subject to hydrolysis) is 1. The number of nitrogens with one attached hydrogen (secondary N) is 3. The molecule has 2 saturated heterocycles. The number of fused-ring (bicyclic) bond motifs is 1. The Hall–Kier alpha value is -3.81. The van der Waals surface area contributed by atoms with Gasteiger partial charge in [-0.05, 0) is 99.2 Å². The molecule has 0 aliphatic carbocycles. The predicted molar refractivity (Wildman–Crippen MR) is 243 cm³/mol. The van der Waals surface area contributed by atoms with Gasteiger partial charge in [0.25, 0.3) is 0 Å². The molecule has 65 heavy (non-hydrogen) atoms. The standard InChI is InChI=1S/C45H71N4O14PS/c1-10-58-42(51)38(22-29(3)4)47-64(54,48-39(23-30(5)6)43(52)59-11-2)28-62-34-14-12-32(13-15-34)24-37(46-45(53)63-41-27-61-44-36(41)20-21-60-44)40(50)26-49(25-31(7)8)65(55,56)35-18-16-33(57-9)17-19-35/h12-19,29-31,36-41,44,50H,10-11,20-28H2,1-9H3,(H,46,53)(H2,47,48,54)/t36-,37-,38-,39-,40+,41-,44+/m0/s1. The molecule has 2 aliphatic heterocycles. The predicted octanol–water partition coefficient (Wildman–Crippen LogP) is 5.47. The van der Waals surface area contributed by atoms with Gasteiger partial charge in [-0.1, -0.05) is 53.7 Å². The fourth-order valence-electron chi connectivity index (χ4n) is 7.65. The van der Waals surface area contributed by atoms with Gasteiger partial charge in [-0.3, -0.25) is 14.2 Å². The molecule has 0 unspecified atom stereocenters. The van der Waals surface area contributed by atoms with Gasteiger partial charge in [0, 0.05) is 13.1 Å². The molecule has 20 heteroatoms. The van der Waals surface area contributed by atoms with Crippen molar-refractivity contribution in [3.05, 3.63) is 54.1 Å². The summed E-state index contributed by atoms with van der Waals surface area (Å²) >= 11 is 0. The Balaban J connectivity index is 1.59. The minimum absolute atomic E-state index is 0.0165. The van der Waals surface area contributed by atoms with Crippen molar-refractivity contribution in [2.75, 3.05) is 53.0 Å². The van der Waals surface area contributed by atoms with Crippen molar-refractivity contribution >= 4 is 35.5 Å². The van der Waals surface area contributed by atoms with Crippen LogP contribution in [0.15, 0.2) is 53.4 Å². The van der Waals surface area contributed by atoms with Crippen molar-refractivity contribution in [1.29, 1.82) is 0 Å². The van der Waals surface area contributed by atoms with Crippen molar-refractivity contribution in [2.45, 2.75) is 123 Å². The van der Waals surface area contributed by atoms with Crippen LogP contribution in [0.25, 0.3) is 0 Å². The van der Waals surface area contributed by atoms with Crippen LogP contribution in [0.1, 0.15) is 80.2 Å². The number of carbonyl (C=O) groups is 3. The summed E-state index contributed by atoms with van der Waals surface area (Å²) in [4.78, 5) is 39.7. The van der Waals surface area contributed by atoms with Crippen LogP contribution in [0.3, 0.4) is 0 Å². The monoisotopic (exact) mass is 954 g/mol. The Kier molecular flexibility index (Phi) is 21.0. The summed E-state index contributed by atoms with van der Waals surface area (Å²) in [5.41, 5.74) is 0.627. The molecule has 0 radical (unpaired) electrons. The largest absolute Gasteiger partial charge is 0.497 e. The summed E-state index contributed by atoms with van der Waals surface area (Å²) in [5.74, 6) is -0.592. The van der Waals surface area contributed by atoms with Crippen LogP contribution in [-0.4, -0.2) is 125 Å². The second-order valence-corrected chi connectivity index (χ2v) is 21.9. The van der Waals surface area contributed by atoms with Crippen LogP contribution >= 0.6 is 7.44 Å². The highest BCUT2D eigenvalue weighted by Crippen LogP contribution is 2.40. The second kappa shape index (κ2) is 25.4. The summed E-state index contributed by atoms with van der Waals surface area (Å²) in [6.07, 6.45) is -2.41. The molecule has 7 atom stereocenters. The molecule has 2 heterocycles. The molecular weight excluding hydrogens is 884 g/mol. The molecule has 0 aromatic heterocycles. The molecule has 366 valence electrons. The zero-order chi connectivity index (χ0) is 47.9. The second-order valence-electron chi connectivity index (χ2n) is 17.7. The normalized spacial score (nSPS) is 19.4. The van der Waals surface area contributed by atoms with E-state index in [4.69, 9.17) is 33.2 Å². The third-order valence-electron chi connectivity index (χ3n) is 10.7. The number of carbonyl (C=O) groups excluding carboxylic acids is 3. The number of aliphatic hydroxyl groups excluding tert-OH is 1. The highest BCUT2D eigenvalue weighted by molar-refractivity contribution is 7.89. The highest BCUT2D eigenvalue weighted by atomic mass is 32.2. The molecule has 4 N–H and O–H groups in total. The number of ether oxygens (including phenoxy) is 7. The van der Waals surface area contributed by atoms with E-state index in [0.717, 1.165) is 0 Å². The highest BCUT2D eigenvalue weighted by Gasteiger charge is 2.44. The molecule has 0 saturated carbocycles.